The maximum Gasteiger partial charge on any atom is 0.342 e. The van der Waals surface area contributed by atoms with Crippen LogP contribution in [-0.4, -0.2) is 35.5 Å². The lowest BCUT2D eigenvalue weighted by Crippen LogP contribution is -2.29. The third kappa shape index (κ3) is 8.80. The Morgan fingerprint density at radius 1 is 1.24 bits per heavy atom. The van der Waals surface area contributed by atoms with E-state index in [0.29, 0.717) is 0 Å². The van der Waals surface area contributed by atoms with Gasteiger partial charge >= 0.3 is 5.97 Å². The van der Waals surface area contributed by atoms with Gasteiger partial charge in [-0.3, -0.25) is 4.89 Å². The van der Waals surface area contributed by atoms with Gasteiger partial charge in [-0.1, -0.05) is 6.92 Å². The molecule has 1 unspecified atom stereocenters. The van der Waals surface area contributed by atoms with Crippen LogP contribution in [0.3, 0.4) is 0 Å². The van der Waals surface area contributed by atoms with Crippen molar-refractivity contribution in [2.75, 3.05) is 13.2 Å². The van der Waals surface area contributed by atoms with Crippen LogP contribution in [0, 0.1) is 20.2 Å². The molecule has 0 heterocycles. The van der Waals surface area contributed by atoms with Crippen LogP contribution in [0.25, 0.3) is 0 Å². The predicted octanol–water partition coefficient (Wildman–Crippen LogP) is -0.344. The summed E-state index contributed by atoms with van der Waals surface area (Å²) in [5.74, 6) is -0.694. The van der Waals surface area contributed by atoms with Crippen LogP contribution in [0.1, 0.15) is 13.3 Å². The van der Waals surface area contributed by atoms with Crippen molar-refractivity contribution in [3.63, 3.8) is 0 Å². The smallest absolute Gasteiger partial charge is 0.311 e. The normalized spacial score (nSPS) is 11.4. The standard InChI is InChI=1S/C6H10N2O9/c1-2-6(9)17-15-4-5(16-8(12)13)3-14-7(10)11/h5H,2-4H2,1H3. The molecule has 0 rings (SSSR count). The summed E-state index contributed by atoms with van der Waals surface area (Å²) in [5, 5.41) is 17.5. The Bertz CT molecular complexity index is 281. The zero-order valence-corrected chi connectivity index (χ0v) is 8.77. The lowest BCUT2D eigenvalue weighted by molar-refractivity contribution is -0.790. The van der Waals surface area contributed by atoms with Gasteiger partial charge in [-0.05, 0) is 0 Å². The highest BCUT2D eigenvalue weighted by Crippen LogP contribution is 1.97. The van der Waals surface area contributed by atoms with E-state index in [-0.39, 0.29) is 6.42 Å². The third-order valence-electron chi connectivity index (χ3n) is 1.30. The number of carbonyl (C=O) groups excluding carboxylic acids is 1. The van der Waals surface area contributed by atoms with Gasteiger partial charge in [0.05, 0.1) is 0 Å². The average molecular weight is 254 g/mol. The molecule has 98 valence electrons. The molecule has 0 fully saturated rings. The molecule has 0 N–H and O–H groups in total. The Morgan fingerprint density at radius 3 is 2.35 bits per heavy atom. The van der Waals surface area contributed by atoms with Crippen molar-refractivity contribution in [1.82, 2.24) is 0 Å². The average Bonchev–Trinajstić information content (AvgIpc) is 2.24. The van der Waals surface area contributed by atoms with Crippen LogP contribution in [-0.2, 0) is 24.2 Å². The van der Waals surface area contributed by atoms with Crippen LogP contribution in [0.2, 0.25) is 0 Å². The van der Waals surface area contributed by atoms with Crippen LogP contribution >= 0.6 is 0 Å². The molecule has 0 aliphatic carbocycles. The molecular weight excluding hydrogens is 244 g/mol. The molecule has 17 heavy (non-hydrogen) atoms. The molecule has 11 nitrogen and oxygen atoms in total. The molecule has 0 aromatic rings. The van der Waals surface area contributed by atoms with E-state index in [9.17, 15) is 25.0 Å². The highest BCUT2D eigenvalue weighted by atomic mass is 17.2. The molecule has 0 spiro atoms. The van der Waals surface area contributed by atoms with E-state index >= 15 is 0 Å². The topological polar surface area (TPSA) is 140 Å². The number of rotatable bonds is 9. The van der Waals surface area contributed by atoms with Gasteiger partial charge in [0.1, 0.15) is 13.2 Å². The first kappa shape index (κ1) is 14.8. The second-order valence-electron chi connectivity index (χ2n) is 2.56. The Balaban J connectivity index is 3.96. The number of carbonyl (C=O) groups is 1. The lowest BCUT2D eigenvalue weighted by Gasteiger charge is -2.12. The van der Waals surface area contributed by atoms with Crippen molar-refractivity contribution in [1.29, 1.82) is 0 Å². The first-order valence-electron chi connectivity index (χ1n) is 4.36. The Labute approximate surface area is 94.3 Å². The summed E-state index contributed by atoms with van der Waals surface area (Å²) in [5.41, 5.74) is 0. The van der Waals surface area contributed by atoms with Gasteiger partial charge in [-0.2, -0.15) is 4.89 Å². The van der Waals surface area contributed by atoms with E-state index in [2.05, 4.69) is 19.5 Å². The molecular formula is C6H10N2O9. The van der Waals surface area contributed by atoms with Gasteiger partial charge in [-0.15, -0.1) is 20.2 Å². The maximum atomic E-state index is 10.6. The lowest BCUT2D eigenvalue weighted by atomic mass is 10.4. The van der Waals surface area contributed by atoms with Crippen LogP contribution in [0.4, 0.5) is 0 Å². The summed E-state index contributed by atoms with van der Waals surface area (Å²) >= 11 is 0. The van der Waals surface area contributed by atoms with Crippen LogP contribution in [0.15, 0.2) is 0 Å². The van der Waals surface area contributed by atoms with E-state index in [1.54, 1.807) is 0 Å². The summed E-state index contributed by atoms with van der Waals surface area (Å²) in [4.78, 5) is 46.8. The molecule has 0 aliphatic heterocycles. The van der Waals surface area contributed by atoms with Gasteiger partial charge in [0.25, 0.3) is 10.2 Å². The Kier molecular flexibility index (Phi) is 7.01. The molecule has 0 bridgehead atoms. The highest BCUT2D eigenvalue weighted by molar-refractivity contribution is 5.68. The van der Waals surface area contributed by atoms with Gasteiger partial charge in [0, 0.05) is 6.42 Å². The number of nitrogens with zero attached hydrogens (tertiary/aromatic N) is 2. The summed E-state index contributed by atoms with van der Waals surface area (Å²) in [6.45, 7) is 0.213. The van der Waals surface area contributed by atoms with E-state index in [1.807, 2.05) is 0 Å². The zero-order chi connectivity index (χ0) is 13.3. The van der Waals surface area contributed by atoms with E-state index in [0.717, 1.165) is 0 Å². The fraction of sp³-hybridized carbons (Fsp3) is 0.833. The van der Waals surface area contributed by atoms with Crippen molar-refractivity contribution in [3.8, 4) is 0 Å². The number of hydrogen-bond acceptors (Lipinski definition) is 9. The van der Waals surface area contributed by atoms with E-state index < -0.39 is 35.5 Å². The molecule has 0 aliphatic rings. The van der Waals surface area contributed by atoms with E-state index in [4.69, 9.17) is 0 Å². The quantitative estimate of drug-likeness (QED) is 0.306. The minimum Gasteiger partial charge on any atom is -0.311 e. The van der Waals surface area contributed by atoms with Gasteiger partial charge in [-0.25, -0.2) is 4.79 Å². The van der Waals surface area contributed by atoms with Crippen LogP contribution < -0.4 is 0 Å². The second kappa shape index (κ2) is 8.04. The Hall–Kier alpha value is -2.17. The summed E-state index contributed by atoms with van der Waals surface area (Å²) < 4.78 is 0. The van der Waals surface area contributed by atoms with Crippen LogP contribution in [0.5, 0.6) is 0 Å². The molecule has 0 aromatic heterocycles. The zero-order valence-electron chi connectivity index (χ0n) is 8.77. The first-order valence-corrected chi connectivity index (χ1v) is 4.36. The summed E-state index contributed by atoms with van der Waals surface area (Å²) in [6, 6.07) is 0. The van der Waals surface area contributed by atoms with Crippen molar-refractivity contribution in [2.45, 2.75) is 19.4 Å². The van der Waals surface area contributed by atoms with Crippen molar-refractivity contribution in [2.24, 2.45) is 0 Å². The van der Waals surface area contributed by atoms with Gasteiger partial charge in [0.2, 0.25) is 0 Å². The highest BCUT2D eigenvalue weighted by Gasteiger charge is 2.17. The maximum absolute atomic E-state index is 10.6. The van der Waals surface area contributed by atoms with Gasteiger partial charge < -0.3 is 9.68 Å². The third-order valence-corrected chi connectivity index (χ3v) is 1.30. The predicted molar refractivity (Wildman–Crippen MR) is 47.1 cm³/mol. The summed E-state index contributed by atoms with van der Waals surface area (Å²) in [6.07, 6.45) is -1.33. The van der Waals surface area contributed by atoms with Crippen molar-refractivity contribution < 1.29 is 34.4 Å². The SMILES string of the molecule is CCC(=O)OOCC(CO[N+](=O)[O-])O[N+](=O)[O-]. The first-order chi connectivity index (χ1) is 7.95. The molecule has 11 heteroatoms. The molecule has 1 atom stereocenters. The molecule has 0 saturated carbocycles. The largest absolute Gasteiger partial charge is 0.342 e. The molecule has 0 amide bonds. The molecule has 0 aromatic carbocycles. The fourth-order valence-corrected chi connectivity index (χ4v) is 0.609. The number of hydrogen-bond donors (Lipinski definition) is 0. The fourth-order valence-electron chi connectivity index (χ4n) is 0.609. The van der Waals surface area contributed by atoms with Crippen molar-refractivity contribution in [3.05, 3.63) is 20.2 Å². The van der Waals surface area contributed by atoms with Gasteiger partial charge in [0.15, 0.2) is 6.10 Å². The van der Waals surface area contributed by atoms with E-state index in [1.165, 1.54) is 6.92 Å². The molecule has 0 saturated heterocycles. The van der Waals surface area contributed by atoms with Crippen molar-refractivity contribution >= 4 is 5.97 Å². The minimum absolute atomic E-state index is 0.0478. The molecule has 0 radical (unpaired) electrons. The minimum atomic E-state index is -1.37. The monoisotopic (exact) mass is 254 g/mol. The summed E-state index contributed by atoms with van der Waals surface area (Å²) in [7, 11) is 0. The Morgan fingerprint density at radius 2 is 1.88 bits per heavy atom. The second-order valence-corrected chi connectivity index (χ2v) is 2.56.